The highest BCUT2D eigenvalue weighted by Crippen LogP contribution is 2.22. The number of nitrogens with zero attached hydrogens (tertiary/aromatic N) is 1. The molecule has 1 heterocycles. The molecule has 1 aliphatic heterocycles. The van der Waals surface area contributed by atoms with Gasteiger partial charge in [-0.2, -0.15) is 0 Å². The fourth-order valence-corrected chi connectivity index (χ4v) is 4.54. The summed E-state index contributed by atoms with van der Waals surface area (Å²) in [7, 11) is -3.39. The number of piperidine rings is 1. The van der Waals surface area contributed by atoms with Gasteiger partial charge in [0.1, 0.15) is 0 Å². The molecule has 1 aliphatic rings. The molecule has 0 aliphatic carbocycles. The van der Waals surface area contributed by atoms with Crippen molar-refractivity contribution < 1.29 is 13.2 Å². The van der Waals surface area contributed by atoms with Crippen LogP contribution in [0.2, 0.25) is 5.02 Å². The quantitative estimate of drug-likeness (QED) is 0.834. The average molecular weight is 373 g/mol. The number of amides is 1. The fraction of sp³-hybridized carbons (Fsp3) is 0.588. The van der Waals surface area contributed by atoms with Gasteiger partial charge in [-0.15, -0.1) is 0 Å². The predicted molar refractivity (Wildman–Crippen MR) is 96.2 cm³/mol. The number of benzene rings is 1. The summed E-state index contributed by atoms with van der Waals surface area (Å²) in [6, 6.07) is 6.90. The third-order valence-corrected chi connectivity index (χ3v) is 6.23. The first-order valence-electron chi connectivity index (χ1n) is 8.28. The van der Waals surface area contributed by atoms with E-state index < -0.39 is 10.0 Å². The van der Waals surface area contributed by atoms with Crippen LogP contribution in [0.5, 0.6) is 0 Å². The summed E-state index contributed by atoms with van der Waals surface area (Å²) in [6.07, 6.45) is 1.14. The summed E-state index contributed by atoms with van der Waals surface area (Å²) in [5.41, 5.74) is 0.680. The van der Waals surface area contributed by atoms with Crippen molar-refractivity contribution in [2.75, 3.05) is 19.6 Å². The van der Waals surface area contributed by atoms with Crippen molar-refractivity contribution in [1.29, 1.82) is 0 Å². The molecule has 0 saturated carbocycles. The van der Waals surface area contributed by atoms with Gasteiger partial charge >= 0.3 is 0 Å². The Morgan fingerprint density at radius 3 is 2.58 bits per heavy atom. The lowest BCUT2D eigenvalue weighted by atomic mass is 9.97. The van der Waals surface area contributed by atoms with Crippen LogP contribution in [0, 0.1) is 11.8 Å². The molecule has 7 heteroatoms. The standard InChI is InChI=1S/C17H25ClN2O3S/c1-13(2)11-19-17(21)15-6-8-20(9-7-15)24(22,23)12-14-4-3-5-16(18)10-14/h3-5,10,13,15H,6-9,11-12H2,1-2H3,(H,19,21). The maximum Gasteiger partial charge on any atom is 0.223 e. The van der Waals surface area contributed by atoms with Crippen molar-refractivity contribution in [1.82, 2.24) is 9.62 Å². The van der Waals surface area contributed by atoms with E-state index >= 15 is 0 Å². The van der Waals surface area contributed by atoms with Crippen LogP contribution in [0.4, 0.5) is 0 Å². The van der Waals surface area contributed by atoms with E-state index in [4.69, 9.17) is 11.6 Å². The van der Waals surface area contributed by atoms with Crippen LogP contribution in [0.3, 0.4) is 0 Å². The zero-order valence-corrected chi connectivity index (χ0v) is 15.7. The van der Waals surface area contributed by atoms with Gasteiger partial charge in [0, 0.05) is 30.6 Å². The van der Waals surface area contributed by atoms with Gasteiger partial charge < -0.3 is 5.32 Å². The zero-order chi connectivity index (χ0) is 17.7. The monoisotopic (exact) mass is 372 g/mol. The van der Waals surface area contributed by atoms with Crippen LogP contribution in [-0.4, -0.2) is 38.3 Å². The van der Waals surface area contributed by atoms with Crippen molar-refractivity contribution in [3.63, 3.8) is 0 Å². The highest BCUT2D eigenvalue weighted by Gasteiger charge is 2.31. The Hall–Kier alpha value is -1.11. The maximum absolute atomic E-state index is 12.5. The van der Waals surface area contributed by atoms with Crippen LogP contribution in [0.1, 0.15) is 32.3 Å². The summed E-state index contributed by atoms with van der Waals surface area (Å²) >= 11 is 5.91. The molecule has 1 N–H and O–H groups in total. The molecular formula is C17H25ClN2O3S. The number of nitrogens with one attached hydrogen (secondary N) is 1. The third kappa shape index (κ3) is 5.46. The zero-order valence-electron chi connectivity index (χ0n) is 14.2. The maximum atomic E-state index is 12.5. The van der Waals surface area contributed by atoms with Crippen LogP contribution < -0.4 is 5.32 Å². The van der Waals surface area contributed by atoms with Crippen LogP contribution >= 0.6 is 11.6 Å². The van der Waals surface area contributed by atoms with E-state index in [9.17, 15) is 13.2 Å². The first kappa shape index (κ1) is 19.2. The van der Waals surface area contributed by atoms with Gasteiger partial charge in [-0.05, 0) is 36.5 Å². The first-order chi connectivity index (χ1) is 11.3. The molecule has 0 bridgehead atoms. The van der Waals surface area contributed by atoms with Gasteiger partial charge in [0.15, 0.2) is 0 Å². The molecule has 134 valence electrons. The number of carbonyl (C=O) groups excluding carboxylic acids is 1. The van der Waals surface area contributed by atoms with E-state index in [2.05, 4.69) is 5.32 Å². The van der Waals surface area contributed by atoms with Gasteiger partial charge in [-0.25, -0.2) is 12.7 Å². The number of rotatable bonds is 6. The predicted octanol–water partition coefficient (Wildman–Crippen LogP) is 2.65. The highest BCUT2D eigenvalue weighted by molar-refractivity contribution is 7.88. The summed E-state index contributed by atoms with van der Waals surface area (Å²) in [6.45, 7) is 5.54. The second kappa shape index (κ2) is 8.32. The van der Waals surface area contributed by atoms with E-state index in [1.165, 1.54) is 4.31 Å². The largest absolute Gasteiger partial charge is 0.356 e. The van der Waals surface area contributed by atoms with Crippen molar-refractivity contribution in [2.45, 2.75) is 32.4 Å². The molecule has 0 spiro atoms. The lowest BCUT2D eigenvalue weighted by molar-refractivity contribution is -0.126. The molecule has 24 heavy (non-hydrogen) atoms. The van der Waals surface area contributed by atoms with Crippen molar-refractivity contribution in [3.05, 3.63) is 34.9 Å². The number of carbonyl (C=O) groups is 1. The Balaban J connectivity index is 1.90. The van der Waals surface area contributed by atoms with Gasteiger partial charge in [-0.1, -0.05) is 37.6 Å². The second-order valence-corrected chi connectivity index (χ2v) is 9.10. The molecule has 1 fully saturated rings. The van der Waals surface area contributed by atoms with Crippen LogP contribution in [0.15, 0.2) is 24.3 Å². The van der Waals surface area contributed by atoms with Crippen molar-refractivity contribution in [3.8, 4) is 0 Å². The molecule has 1 amide bonds. The SMILES string of the molecule is CC(C)CNC(=O)C1CCN(S(=O)(=O)Cc2cccc(Cl)c2)CC1. The van der Waals surface area contributed by atoms with E-state index in [-0.39, 0.29) is 17.6 Å². The number of hydrogen-bond donors (Lipinski definition) is 1. The minimum Gasteiger partial charge on any atom is -0.356 e. The van der Waals surface area contributed by atoms with Gasteiger partial charge in [-0.3, -0.25) is 4.79 Å². The van der Waals surface area contributed by atoms with E-state index in [0.29, 0.717) is 49.0 Å². The Kier molecular flexibility index (Phi) is 6.66. The molecule has 1 aromatic carbocycles. The summed E-state index contributed by atoms with van der Waals surface area (Å²) < 4.78 is 26.6. The molecule has 0 unspecified atom stereocenters. The lowest BCUT2D eigenvalue weighted by Crippen LogP contribution is -2.43. The summed E-state index contributed by atoms with van der Waals surface area (Å²) in [5.74, 6) is 0.293. The average Bonchev–Trinajstić information content (AvgIpc) is 2.52. The molecule has 0 radical (unpaired) electrons. The van der Waals surface area contributed by atoms with E-state index in [1.54, 1.807) is 24.3 Å². The van der Waals surface area contributed by atoms with E-state index in [0.717, 1.165) is 0 Å². The summed E-state index contributed by atoms with van der Waals surface area (Å²) in [4.78, 5) is 12.1. The number of hydrogen-bond acceptors (Lipinski definition) is 3. The van der Waals surface area contributed by atoms with Gasteiger partial charge in [0.05, 0.1) is 5.75 Å². The topological polar surface area (TPSA) is 66.5 Å². The Morgan fingerprint density at radius 1 is 1.33 bits per heavy atom. The lowest BCUT2D eigenvalue weighted by Gasteiger charge is -2.30. The van der Waals surface area contributed by atoms with E-state index in [1.807, 2.05) is 13.8 Å². The van der Waals surface area contributed by atoms with Crippen LogP contribution in [-0.2, 0) is 20.6 Å². The summed E-state index contributed by atoms with van der Waals surface area (Å²) in [5, 5.41) is 3.46. The second-order valence-electron chi connectivity index (χ2n) is 6.70. The normalized spacial score (nSPS) is 17.2. The molecule has 0 atom stereocenters. The molecular weight excluding hydrogens is 348 g/mol. The first-order valence-corrected chi connectivity index (χ1v) is 10.3. The minimum atomic E-state index is -3.39. The fourth-order valence-electron chi connectivity index (χ4n) is 2.77. The molecule has 2 rings (SSSR count). The molecule has 5 nitrogen and oxygen atoms in total. The molecule has 1 saturated heterocycles. The molecule has 1 aromatic rings. The van der Waals surface area contributed by atoms with Crippen molar-refractivity contribution in [2.24, 2.45) is 11.8 Å². The molecule has 0 aromatic heterocycles. The third-order valence-electron chi connectivity index (χ3n) is 4.14. The highest BCUT2D eigenvalue weighted by atomic mass is 35.5. The Morgan fingerprint density at radius 2 is 2.00 bits per heavy atom. The Bertz CT molecular complexity index is 668. The van der Waals surface area contributed by atoms with Gasteiger partial charge in [0.2, 0.25) is 15.9 Å². The minimum absolute atomic E-state index is 0.0376. The Labute approximate surface area is 149 Å². The number of sulfonamides is 1. The van der Waals surface area contributed by atoms with Crippen molar-refractivity contribution >= 4 is 27.5 Å². The van der Waals surface area contributed by atoms with Gasteiger partial charge in [0.25, 0.3) is 0 Å². The van der Waals surface area contributed by atoms with Crippen LogP contribution in [0.25, 0.3) is 0 Å². The number of halogens is 1. The smallest absolute Gasteiger partial charge is 0.223 e.